The fraction of sp³-hybridized carbons (Fsp3) is 0.212. The summed E-state index contributed by atoms with van der Waals surface area (Å²) in [5, 5.41) is 29.4. The van der Waals surface area contributed by atoms with Crippen molar-refractivity contribution in [3.63, 3.8) is 0 Å². The zero-order valence-electron chi connectivity index (χ0n) is 23.2. The number of rotatable bonds is 13. The van der Waals surface area contributed by atoms with Gasteiger partial charge >= 0.3 is 11.9 Å². The SMILES string of the molecule is CCc1cc(-c2ccc(F)cc2)c(O)cc1OCCCOc1cccc(Oc2ccc(C(=O)O)cc2)c1C(C)C(=O)O. The van der Waals surface area contributed by atoms with Crippen molar-refractivity contribution >= 4 is 11.9 Å². The lowest BCUT2D eigenvalue weighted by Gasteiger charge is -2.19. The molecule has 8 nitrogen and oxygen atoms in total. The van der Waals surface area contributed by atoms with Gasteiger partial charge in [0.15, 0.2) is 0 Å². The largest absolute Gasteiger partial charge is 0.507 e. The van der Waals surface area contributed by atoms with Crippen LogP contribution in [0.4, 0.5) is 4.39 Å². The molecule has 0 aliphatic rings. The molecule has 0 fully saturated rings. The van der Waals surface area contributed by atoms with Crippen molar-refractivity contribution < 1.29 is 43.5 Å². The Kier molecular flexibility index (Phi) is 9.65. The first-order valence-corrected chi connectivity index (χ1v) is 13.4. The van der Waals surface area contributed by atoms with E-state index in [0.717, 1.165) is 5.56 Å². The Hall–Kier alpha value is -5.05. The third-order valence-electron chi connectivity index (χ3n) is 6.68. The van der Waals surface area contributed by atoms with Gasteiger partial charge in [0.2, 0.25) is 0 Å². The molecular formula is C33H31FO8. The molecule has 0 bridgehead atoms. The number of hydrogen-bond acceptors (Lipinski definition) is 6. The maximum absolute atomic E-state index is 13.3. The lowest BCUT2D eigenvalue weighted by molar-refractivity contribution is -0.138. The fourth-order valence-corrected chi connectivity index (χ4v) is 4.39. The standard InChI is InChI=1S/C33H31FO8/c1-3-21-18-26(22-8-12-24(34)13-9-22)27(35)19-30(21)41-17-5-16-40-28-6-4-7-29(31(28)20(2)32(36)37)42-25-14-10-23(11-15-25)33(38)39/h4,6-15,18-20,35H,3,5,16-17H2,1-2H3,(H,36,37)(H,38,39). The maximum atomic E-state index is 13.3. The zero-order valence-corrected chi connectivity index (χ0v) is 23.2. The summed E-state index contributed by atoms with van der Waals surface area (Å²) in [4.78, 5) is 23.0. The van der Waals surface area contributed by atoms with E-state index in [1.807, 2.05) is 13.0 Å². The number of aromatic carboxylic acids is 1. The monoisotopic (exact) mass is 574 g/mol. The van der Waals surface area contributed by atoms with Crippen LogP contribution in [0.15, 0.2) is 78.9 Å². The van der Waals surface area contributed by atoms with Gasteiger partial charge in [0.25, 0.3) is 0 Å². The second-order valence-electron chi connectivity index (χ2n) is 9.55. The molecule has 4 rings (SSSR count). The van der Waals surface area contributed by atoms with E-state index in [-0.39, 0.29) is 36.1 Å². The molecular weight excluding hydrogens is 543 g/mol. The van der Waals surface area contributed by atoms with Crippen LogP contribution < -0.4 is 14.2 Å². The number of hydrogen-bond donors (Lipinski definition) is 3. The molecule has 4 aromatic carbocycles. The minimum Gasteiger partial charge on any atom is -0.507 e. The summed E-state index contributed by atoms with van der Waals surface area (Å²) in [6.07, 6.45) is 1.12. The highest BCUT2D eigenvalue weighted by Gasteiger charge is 2.24. The van der Waals surface area contributed by atoms with Gasteiger partial charge in [-0.3, -0.25) is 4.79 Å². The van der Waals surface area contributed by atoms with Crippen molar-refractivity contribution in [1.82, 2.24) is 0 Å². The van der Waals surface area contributed by atoms with Crippen molar-refractivity contribution in [2.24, 2.45) is 0 Å². The number of aryl methyl sites for hydroxylation is 1. The minimum atomic E-state index is -1.06. The summed E-state index contributed by atoms with van der Waals surface area (Å²) in [5.41, 5.74) is 2.61. The van der Waals surface area contributed by atoms with Gasteiger partial charge in [0.05, 0.1) is 30.3 Å². The summed E-state index contributed by atoms with van der Waals surface area (Å²) < 4.78 is 31.1. The molecule has 42 heavy (non-hydrogen) atoms. The molecule has 0 heterocycles. The van der Waals surface area contributed by atoms with Gasteiger partial charge in [-0.25, -0.2) is 9.18 Å². The quantitative estimate of drug-likeness (QED) is 0.142. The van der Waals surface area contributed by atoms with E-state index in [4.69, 9.17) is 19.3 Å². The van der Waals surface area contributed by atoms with E-state index < -0.39 is 17.9 Å². The first kappa shape index (κ1) is 29.9. The molecule has 0 aromatic heterocycles. The number of phenolic OH excluding ortho intramolecular Hbond substituents is 1. The zero-order chi connectivity index (χ0) is 30.2. The Labute approximate surface area is 242 Å². The molecule has 0 saturated carbocycles. The van der Waals surface area contributed by atoms with E-state index in [1.165, 1.54) is 43.3 Å². The van der Waals surface area contributed by atoms with Crippen LogP contribution in [0.2, 0.25) is 0 Å². The molecule has 3 N–H and O–H groups in total. The minimum absolute atomic E-state index is 0.0202. The Morgan fingerprint density at radius 1 is 0.857 bits per heavy atom. The molecule has 0 saturated heterocycles. The Bertz CT molecular complexity index is 1550. The summed E-state index contributed by atoms with van der Waals surface area (Å²) in [6.45, 7) is 4.00. The van der Waals surface area contributed by atoms with Gasteiger partial charge in [0, 0.05) is 18.1 Å². The average molecular weight is 575 g/mol. The molecule has 1 unspecified atom stereocenters. The smallest absolute Gasteiger partial charge is 0.335 e. The summed E-state index contributed by atoms with van der Waals surface area (Å²) in [5.74, 6) is -1.89. The highest BCUT2D eigenvalue weighted by molar-refractivity contribution is 5.87. The van der Waals surface area contributed by atoms with Crippen LogP contribution in [-0.2, 0) is 11.2 Å². The van der Waals surface area contributed by atoms with Crippen molar-refractivity contribution in [1.29, 1.82) is 0 Å². The second kappa shape index (κ2) is 13.5. The highest BCUT2D eigenvalue weighted by Crippen LogP contribution is 2.39. The van der Waals surface area contributed by atoms with E-state index in [1.54, 1.807) is 36.4 Å². The first-order chi connectivity index (χ1) is 20.2. The van der Waals surface area contributed by atoms with E-state index in [0.29, 0.717) is 46.8 Å². The van der Waals surface area contributed by atoms with Crippen molar-refractivity contribution in [3.8, 4) is 39.9 Å². The lowest BCUT2D eigenvalue weighted by atomic mass is 9.99. The number of aliphatic carboxylic acids is 1. The van der Waals surface area contributed by atoms with Crippen LogP contribution in [0.1, 0.15) is 47.7 Å². The van der Waals surface area contributed by atoms with Gasteiger partial charge in [-0.1, -0.05) is 25.1 Å². The molecule has 0 aliphatic heterocycles. The van der Waals surface area contributed by atoms with E-state index in [9.17, 15) is 24.2 Å². The topological polar surface area (TPSA) is 123 Å². The predicted octanol–water partition coefficient (Wildman–Crippen LogP) is 7.29. The number of aromatic hydroxyl groups is 1. The van der Waals surface area contributed by atoms with Crippen LogP contribution in [0.25, 0.3) is 11.1 Å². The van der Waals surface area contributed by atoms with E-state index in [2.05, 4.69) is 0 Å². The third-order valence-corrected chi connectivity index (χ3v) is 6.68. The lowest BCUT2D eigenvalue weighted by Crippen LogP contribution is -2.12. The van der Waals surface area contributed by atoms with Crippen molar-refractivity contribution in [2.45, 2.75) is 32.6 Å². The number of ether oxygens (including phenoxy) is 3. The first-order valence-electron chi connectivity index (χ1n) is 13.4. The van der Waals surface area contributed by atoms with Crippen LogP contribution in [0, 0.1) is 5.82 Å². The number of halogens is 1. The Morgan fingerprint density at radius 2 is 1.50 bits per heavy atom. The van der Waals surface area contributed by atoms with E-state index >= 15 is 0 Å². The van der Waals surface area contributed by atoms with Gasteiger partial charge in [-0.15, -0.1) is 0 Å². The molecule has 218 valence electrons. The Balaban J connectivity index is 1.43. The molecule has 4 aromatic rings. The summed E-state index contributed by atoms with van der Waals surface area (Å²) in [7, 11) is 0. The fourth-order valence-electron chi connectivity index (χ4n) is 4.39. The van der Waals surface area contributed by atoms with Crippen LogP contribution >= 0.6 is 0 Å². The van der Waals surface area contributed by atoms with Crippen molar-refractivity contribution in [3.05, 3.63) is 101 Å². The highest BCUT2D eigenvalue weighted by atomic mass is 19.1. The molecule has 0 amide bonds. The molecule has 0 aliphatic carbocycles. The number of carboxylic acids is 2. The van der Waals surface area contributed by atoms with Gasteiger partial charge < -0.3 is 29.5 Å². The third kappa shape index (κ3) is 7.17. The van der Waals surface area contributed by atoms with Gasteiger partial charge in [-0.2, -0.15) is 0 Å². The van der Waals surface area contributed by atoms with Gasteiger partial charge in [0.1, 0.15) is 34.6 Å². The summed E-state index contributed by atoms with van der Waals surface area (Å²) in [6, 6.07) is 20.1. The number of phenols is 1. The average Bonchev–Trinajstić information content (AvgIpc) is 2.97. The van der Waals surface area contributed by atoms with Gasteiger partial charge in [-0.05, 0) is 79.1 Å². The molecule has 0 radical (unpaired) electrons. The second-order valence-corrected chi connectivity index (χ2v) is 9.55. The number of carboxylic acid groups (broad SMARTS) is 2. The maximum Gasteiger partial charge on any atom is 0.335 e. The normalized spacial score (nSPS) is 11.5. The molecule has 1 atom stereocenters. The molecule has 9 heteroatoms. The van der Waals surface area contributed by atoms with Crippen LogP contribution in [0.5, 0.6) is 28.7 Å². The van der Waals surface area contributed by atoms with Crippen LogP contribution in [0.3, 0.4) is 0 Å². The molecule has 0 spiro atoms. The number of carbonyl (C=O) groups is 2. The number of benzene rings is 4. The van der Waals surface area contributed by atoms with Crippen molar-refractivity contribution in [2.75, 3.05) is 13.2 Å². The Morgan fingerprint density at radius 3 is 2.12 bits per heavy atom. The van der Waals surface area contributed by atoms with Crippen LogP contribution in [-0.4, -0.2) is 40.5 Å². The summed E-state index contributed by atoms with van der Waals surface area (Å²) >= 11 is 0. The predicted molar refractivity (Wildman–Crippen MR) is 154 cm³/mol.